The Balaban J connectivity index is 2.20. The number of benzene rings is 1. The zero-order valence-corrected chi connectivity index (χ0v) is 14.6. The number of hydrogen-bond donors (Lipinski definition) is 0. The van der Waals surface area contributed by atoms with E-state index in [-0.39, 0.29) is 5.46 Å². The Hall–Kier alpha value is -1.54. The van der Waals surface area contributed by atoms with Crippen LogP contribution in [-0.2, 0) is 22.5 Å². The van der Waals surface area contributed by atoms with E-state index in [1.54, 1.807) is 18.5 Å². The molecule has 1 saturated heterocycles. The predicted octanol–water partition coefficient (Wildman–Crippen LogP) is 3.20. The smallest absolute Gasteiger partial charge is 0.399 e. The molecule has 0 amide bonds. The Bertz CT molecular complexity index is 796. The molecule has 0 radical (unpaired) electrons. The summed E-state index contributed by atoms with van der Waals surface area (Å²) in [6, 6.07) is 2.54. The molecule has 3 rings (SSSR count). The first-order chi connectivity index (χ1) is 10.8. The maximum Gasteiger partial charge on any atom is 0.495 e. The minimum atomic E-state index is -4.51. The molecule has 0 saturated carbocycles. The molecule has 1 aromatic heterocycles. The lowest BCUT2D eigenvalue weighted by molar-refractivity contribution is -0.136. The number of fused-ring (bicyclic) bond motifs is 1. The third-order valence-electron chi connectivity index (χ3n) is 5.09. The van der Waals surface area contributed by atoms with Gasteiger partial charge in [-0.05, 0) is 52.2 Å². The van der Waals surface area contributed by atoms with Crippen molar-refractivity contribution in [2.75, 3.05) is 0 Å². The van der Waals surface area contributed by atoms with Crippen LogP contribution in [0.4, 0.5) is 13.2 Å². The molecule has 1 aliphatic rings. The summed E-state index contributed by atoms with van der Waals surface area (Å²) >= 11 is 0. The summed E-state index contributed by atoms with van der Waals surface area (Å²) in [5.41, 5.74) is -1.29. The summed E-state index contributed by atoms with van der Waals surface area (Å²) in [5, 5.41) is 0. The number of nitrogens with zero attached hydrogens (tertiary/aromatic N) is 2. The molecule has 4 nitrogen and oxygen atoms in total. The van der Waals surface area contributed by atoms with Gasteiger partial charge in [0.05, 0.1) is 27.8 Å². The molecule has 24 heavy (non-hydrogen) atoms. The number of aryl methyl sites for hydroxylation is 2. The molecular formula is C16H20BF3N2O2. The van der Waals surface area contributed by atoms with Crippen molar-refractivity contribution in [2.24, 2.45) is 7.05 Å². The molecular weight excluding hydrogens is 320 g/mol. The van der Waals surface area contributed by atoms with E-state index in [4.69, 9.17) is 9.31 Å². The van der Waals surface area contributed by atoms with Crippen LogP contribution in [0.15, 0.2) is 12.1 Å². The van der Waals surface area contributed by atoms with Gasteiger partial charge in [-0.2, -0.15) is 13.2 Å². The molecule has 1 fully saturated rings. The number of aromatic nitrogens is 2. The lowest BCUT2D eigenvalue weighted by atomic mass is 9.75. The highest BCUT2D eigenvalue weighted by molar-refractivity contribution is 6.63. The van der Waals surface area contributed by atoms with Gasteiger partial charge in [-0.15, -0.1) is 0 Å². The lowest BCUT2D eigenvalue weighted by Gasteiger charge is -2.32. The number of hydrogen-bond acceptors (Lipinski definition) is 3. The molecule has 0 bridgehead atoms. The summed E-state index contributed by atoms with van der Waals surface area (Å²) in [4.78, 5) is 4.33. The highest BCUT2D eigenvalue weighted by atomic mass is 19.4. The third kappa shape index (κ3) is 2.52. The van der Waals surface area contributed by atoms with Gasteiger partial charge in [0.2, 0.25) is 0 Å². The molecule has 0 atom stereocenters. The Morgan fingerprint density at radius 1 is 1.08 bits per heavy atom. The van der Waals surface area contributed by atoms with Gasteiger partial charge in [0.15, 0.2) is 0 Å². The minimum absolute atomic E-state index is 0.0354. The van der Waals surface area contributed by atoms with Crippen molar-refractivity contribution in [2.45, 2.75) is 52.0 Å². The number of alkyl halides is 3. The van der Waals surface area contributed by atoms with Crippen LogP contribution in [-0.4, -0.2) is 27.9 Å². The molecule has 0 unspecified atom stereocenters. The van der Waals surface area contributed by atoms with Crippen LogP contribution in [0.5, 0.6) is 0 Å². The van der Waals surface area contributed by atoms with E-state index in [1.807, 2.05) is 27.7 Å². The molecule has 130 valence electrons. The van der Waals surface area contributed by atoms with Crippen molar-refractivity contribution in [1.29, 1.82) is 0 Å². The molecule has 1 aliphatic heterocycles. The Labute approximate surface area is 139 Å². The Kier molecular flexibility index (Phi) is 3.59. The second-order valence-corrected chi connectivity index (χ2v) is 7.23. The second-order valence-electron chi connectivity index (χ2n) is 7.23. The molecule has 0 N–H and O–H groups in total. The molecule has 8 heteroatoms. The first-order valence-corrected chi connectivity index (χ1v) is 7.73. The maximum atomic E-state index is 13.6. The standard InChI is InChI=1S/C16H20BF3N2O2/c1-9-21-12-8-11(17-23-14(2,3)15(4,5)24-17)10(16(18,19)20)7-13(12)22(9)6/h7-8H,1-6H3. The molecule has 0 spiro atoms. The minimum Gasteiger partial charge on any atom is -0.399 e. The largest absolute Gasteiger partial charge is 0.495 e. The fraction of sp³-hybridized carbons (Fsp3) is 0.562. The van der Waals surface area contributed by atoms with Crippen molar-refractivity contribution in [3.05, 3.63) is 23.5 Å². The van der Waals surface area contributed by atoms with E-state index in [0.29, 0.717) is 16.9 Å². The van der Waals surface area contributed by atoms with Crippen LogP contribution in [0.25, 0.3) is 11.0 Å². The first-order valence-electron chi connectivity index (χ1n) is 7.73. The van der Waals surface area contributed by atoms with E-state index >= 15 is 0 Å². The average molecular weight is 340 g/mol. The number of halogens is 3. The molecule has 2 heterocycles. The highest BCUT2D eigenvalue weighted by Gasteiger charge is 2.53. The fourth-order valence-corrected chi connectivity index (χ4v) is 2.79. The zero-order chi connectivity index (χ0) is 18.1. The lowest BCUT2D eigenvalue weighted by Crippen LogP contribution is -2.41. The average Bonchev–Trinajstić information content (AvgIpc) is 2.81. The van der Waals surface area contributed by atoms with Crippen molar-refractivity contribution < 1.29 is 22.5 Å². The van der Waals surface area contributed by atoms with Gasteiger partial charge in [0, 0.05) is 7.05 Å². The van der Waals surface area contributed by atoms with Crippen LogP contribution >= 0.6 is 0 Å². The highest BCUT2D eigenvalue weighted by Crippen LogP contribution is 2.38. The Morgan fingerprint density at radius 3 is 2.12 bits per heavy atom. The topological polar surface area (TPSA) is 36.3 Å². The van der Waals surface area contributed by atoms with E-state index in [0.717, 1.165) is 6.07 Å². The normalized spacial score (nSPS) is 20.1. The van der Waals surface area contributed by atoms with Crippen LogP contribution in [0.3, 0.4) is 0 Å². The fourth-order valence-electron chi connectivity index (χ4n) is 2.79. The van der Waals surface area contributed by atoms with Crippen LogP contribution in [0.1, 0.15) is 39.1 Å². The van der Waals surface area contributed by atoms with E-state index < -0.39 is 30.1 Å². The summed E-state index contributed by atoms with van der Waals surface area (Å²) in [7, 11) is 0.609. The third-order valence-corrected chi connectivity index (χ3v) is 5.09. The van der Waals surface area contributed by atoms with E-state index in [1.165, 1.54) is 6.07 Å². The van der Waals surface area contributed by atoms with E-state index in [9.17, 15) is 13.2 Å². The van der Waals surface area contributed by atoms with Crippen molar-refractivity contribution in [3.8, 4) is 0 Å². The van der Waals surface area contributed by atoms with Gasteiger partial charge in [0.1, 0.15) is 5.82 Å². The summed E-state index contributed by atoms with van der Waals surface area (Å²) < 4.78 is 54.1. The summed E-state index contributed by atoms with van der Waals surface area (Å²) in [6.07, 6.45) is -4.51. The van der Waals surface area contributed by atoms with Gasteiger partial charge in [-0.3, -0.25) is 0 Å². The SMILES string of the molecule is Cc1nc2cc(B3OC(C)(C)C(C)(C)O3)c(C(F)(F)F)cc2n1C. The van der Waals surface area contributed by atoms with Gasteiger partial charge in [0.25, 0.3) is 0 Å². The molecule has 0 aliphatic carbocycles. The van der Waals surface area contributed by atoms with Gasteiger partial charge < -0.3 is 13.9 Å². The first kappa shape index (κ1) is 17.3. The predicted molar refractivity (Wildman–Crippen MR) is 86.2 cm³/mol. The van der Waals surface area contributed by atoms with Crippen LogP contribution in [0, 0.1) is 6.92 Å². The van der Waals surface area contributed by atoms with Crippen molar-refractivity contribution in [1.82, 2.24) is 9.55 Å². The van der Waals surface area contributed by atoms with Crippen LogP contribution < -0.4 is 5.46 Å². The van der Waals surface area contributed by atoms with E-state index in [2.05, 4.69) is 4.98 Å². The monoisotopic (exact) mass is 340 g/mol. The quantitative estimate of drug-likeness (QED) is 0.748. The maximum absolute atomic E-state index is 13.6. The van der Waals surface area contributed by atoms with Gasteiger partial charge in [-0.25, -0.2) is 4.98 Å². The van der Waals surface area contributed by atoms with Gasteiger partial charge in [-0.1, -0.05) is 0 Å². The zero-order valence-electron chi connectivity index (χ0n) is 14.6. The molecule has 1 aromatic carbocycles. The summed E-state index contributed by atoms with van der Waals surface area (Å²) in [5.74, 6) is 0.643. The van der Waals surface area contributed by atoms with Gasteiger partial charge >= 0.3 is 13.3 Å². The Morgan fingerprint density at radius 2 is 1.62 bits per heavy atom. The molecule has 2 aromatic rings. The van der Waals surface area contributed by atoms with Crippen molar-refractivity contribution in [3.63, 3.8) is 0 Å². The number of rotatable bonds is 1. The number of imidazole rings is 1. The second kappa shape index (κ2) is 4.99. The van der Waals surface area contributed by atoms with Crippen LogP contribution in [0.2, 0.25) is 0 Å². The summed E-state index contributed by atoms with van der Waals surface area (Å²) in [6.45, 7) is 8.99. The van der Waals surface area contributed by atoms with Crippen molar-refractivity contribution >= 4 is 23.6 Å².